The first-order valence-electron chi connectivity index (χ1n) is 8.13. The Morgan fingerprint density at radius 1 is 1.16 bits per heavy atom. The van der Waals surface area contributed by atoms with Crippen molar-refractivity contribution in [2.45, 2.75) is 18.9 Å². The van der Waals surface area contributed by atoms with E-state index >= 15 is 0 Å². The third-order valence-electron chi connectivity index (χ3n) is 4.63. The lowest BCUT2D eigenvalue weighted by atomic mass is 10.0. The van der Waals surface area contributed by atoms with Crippen LogP contribution in [0.4, 0.5) is 5.82 Å². The van der Waals surface area contributed by atoms with Gasteiger partial charge in [-0.3, -0.25) is 4.57 Å². The molecule has 8 nitrogen and oxygen atoms in total. The summed E-state index contributed by atoms with van der Waals surface area (Å²) in [5, 5.41) is 8.89. The molecule has 0 atom stereocenters. The summed E-state index contributed by atoms with van der Waals surface area (Å²) in [6.07, 6.45) is 4.38. The number of nitrogens with zero attached hydrogens (tertiary/aromatic N) is 4. The molecule has 2 N–H and O–H groups in total. The van der Waals surface area contributed by atoms with E-state index in [1.807, 2.05) is 28.8 Å². The Hall–Kier alpha value is -3.16. The number of aromatic nitrogens is 4. The number of benzene rings is 1. The molecule has 25 heavy (non-hydrogen) atoms. The van der Waals surface area contributed by atoms with Crippen LogP contribution in [0.1, 0.15) is 29.4 Å². The highest BCUT2D eigenvalue weighted by atomic mass is 16.4. The van der Waals surface area contributed by atoms with Crippen LogP contribution in [0, 0.1) is 0 Å². The van der Waals surface area contributed by atoms with Gasteiger partial charge in [-0.15, -0.1) is 0 Å². The minimum atomic E-state index is -1.09. The zero-order chi connectivity index (χ0) is 17.4. The van der Waals surface area contributed by atoms with E-state index in [-0.39, 0.29) is 17.4 Å². The molecule has 2 aromatic heterocycles. The Kier molecular flexibility index (Phi) is 3.72. The van der Waals surface area contributed by atoms with Crippen molar-refractivity contribution in [1.82, 2.24) is 19.5 Å². The van der Waals surface area contributed by atoms with Gasteiger partial charge in [-0.05, 0) is 25.0 Å². The molecule has 128 valence electrons. The van der Waals surface area contributed by atoms with Crippen molar-refractivity contribution in [1.29, 1.82) is 0 Å². The predicted molar refractivity (Wildman–Crippen MR) is 92.0 cm³/mol. The summed E-state index contributed by atoms with van der Waals surface area (Å²) in [4.78, 5) is 36.2. The van der Waals surface area contributed by atoms with Crippen LogP contribution in [0.5, 0.6) is 0 Å². The smallest absolute Gasteiger partial charge is 0.356 e. The molecule has 0 spiro atoms. The Morgan fingerprint density at radius 2 is 1.92 bits per heavy atom. The SMILES string of the molecule is O=C(O)c1cnc(N2CCC(n3c(=O)[nH]c4ccccc43)CC2)cn1. The summed E-state index contributed by atoms with van der Waals surface area (Å²) in [5.74, 6) is -0.425. The molecule has 1 aliphatic rings. The van der Waals surface area contributed by atoms with Crippen molar-refractivity contribution in [3.63, 3.8) is 0 Å². The molecule has 3 heterocycles. The molecule has 1 aliphatic heterocycles. The number of aromatic amines is 1. The summed E-state index contributed by atoms with van der Waals surface area (Å²) in [6, 6.07) is 7.83. The van der Waals surface area contributed by atoms with E-state index in [1.54, 1.807) is 0 Å². The Labute approximate surface area is 142 Å². The van der Waals surface area contributed by atoms with Crippen LogP contribution in [0.2, 0.25) is 0 Å². The number of hydrogen-bond donors (Lipinski definition) is 2. The van der Waals surface area contributed by atoms with Crippen molar-refractivity contribution >= 4 is 22.8 Å². The molecule has 0 unspecified atom stereocenters. The average molecular weight is 339 g/mol. The molecule has 0 aliphatic carbocycles. The fraction of sp³-hybridized carbons (Fsp3) is 0.294. The van der Waals surface area contributed by atoms with Gasteiger partial charge in [-0.25, -0.2) is 19.6 Å². The molecule has 3 aromatic rings. The summed E-state index contributed by atoms with van der Waals surface area (Å²) in [5.41, 5.74) is 1.64. The van der Waals surface area contributed by atoms with Gasteiger partial charge in [0.25, 0.3) is 0 Å². The van der Waals surface area contributed by atoms with Crippen LogP contribution in [0.3, 0.4) is 0 Å². The van der Waals surface area contributed by atoms with Crippen molar-refractivity contribution in [2.24, 2.45) is 0 Å². The van der Waals surface area contributed by atoms with E-state index in [1.165, 1.54) is 12.4 Å². The molecule has 0 saturated carbocycles. The van der Waals surface area contributed by atoms with Crippen LogP contribution >= 0.6 is 0 Å². The van der Waals surface area contributed by atoms with Gasteiger partial charge in [0.2, 0.25) is 0 Å². The Morgan fingerprint density at radius 3 is 2.60 bits per heavy atom. The Bertz CT molecular complexity index is 968. The second kappa shape index (κ2) is 6.04. The van der Waals surface area contributed by atoms with Gasteiger partial charge in [0.05, 0.1) is 23.4 Å². The molecule has 8 heteroatoms. The molecule has 4 rings (SSSR count). The van der Waals surface area contributed by atoms with Crippen LogP contribution in [0.25, 0.3) is 11.0 Å². The number of anilines is 1. The van der Waals surface area contributed by atoms with E-state index in [0.717, 1.165) is 37.0 Å². The number of hydrogen-bond acceptors (Lipinski definition) is 5. The highest BCUT2D eigenvalue weighted by Crippen LogP contribution is 2.26. The van der Waals surface area contributed by atoms with Gasteiger partial charge >= 0.3 is 11.7 Å². The predicted octanol–water partition coefficient (Wildman–Crippen LogP) is 1.66. The number of fused-ring (bicyclic) bond motifs is 1. The average Bonchev–Trinajstić information content (AvgIpc) is 2.97. The third-order valence-corrected chi connectivity index (χ3v) is 4.63. The number of imidazole rings is 1. The summed E-state index contributed by atoms with van der Waals surface area (Å²) in [6.45, 7) is 1.47. The minimum absolute atomic E-state index is 0.0658. The highest BCUT2D eigenvalue weighted by Gasteiger charge is 2.24. The lowest BCUT2D eigenvalue weighted by Gasteiger charge is -2.33. The van der Waals surface area contributed by atoms with Crippen molar-refractivity contribution < 1.29 is 9.90 Å². The lowest BCUT2D eigenvalue weighted by molar-refractivity contribution is 0.0690. The first kappa shape index (κ1) is 15.4. The molecule has 1 aromatic carbocycles. The normalized spacial score (nSPS) is 15.6. The van der Waals surface area contributed by atoms with Crippen LogP contribution < -0.4 is 10.6 Å². The second-order valence-electron chi connectivity index (χ2n) is 6.10. The van der Waals surface area contributed by atoms with Gasteiger partial charge in [0.15, 0.2) is 5.69 Å². The molecule has 0 radical (unpaired) electrons. The number of H-pyrrole nitrogens is 1. The number of carboxylic acids is 1. The van der Waals surface area contributed by atoms with Crippen molar-refractivity contribution in [3.05, 3.63) is 52.8 Å². The monoisotopic (exact) mass is 339 g/mol. The summed E-state index contributed by atoms with van der Waals surface area (Å²) >= 11 is 0. The zero-order valence-corrected chi connectivity index (χ0v) is 13.4. The maximum Gasteiger partial charge on any atom is 0.356 e. The molecule has 0 amide bonds. The van der Waals surface area contributed by atoms with E-state index in [0.29, 0.717) is 5.82 Å². The number of piperidine rings is 1. The third kappa shape index (κ3) is 2.75. The summed E-state index contributed by atoms with van der Waals surface area (Å²) in [7, 11) is 0. The fourth-order valence-corrected chi connectivity index (χ4v) is 3.38. The molecular formula is C17H17N5O3. The highest BCUT2D eigenvalue weighted by molar-refractivity contribution is 5.84. The topological polar surface area (TPSA) is 104 Å². The van der Waals surface area contributed by atoms with Crippen LogP contribution in [-0.2, 0) is 0 Å². The minimum Gasteiger partial charge on any atom is -0.476 e. The van der Waals surface area contributed by atoms with E-state index in [4.69, 9.17) is 5.11 Å². The van der Waals surface area contributed by atoms with E-state index in [9.17, 15) is 9.59 Å². The zero-order valence-electron chi connectivity index (χ0n) is 13.4. The maximum atomic E-state index is 12.3. The summed E-state index contributed by atoms with van der Waals surface area (Å²) < 4.78 is 1.84. The number of nitrogens with one attached hydrogen (secondary N) is 1. The first-order chi connectivity index (χ1) is 12.1. The standard InChI is InChI=1S/C17H17N5O3/c23-16(24)13-9-19-15(10-18-13)21-7-5-11(6-8-21)22-14-4-2-1-3-12(14)20-17(22)25/h1-4,9-11H,5-8H2,(H,20,25)(H,23,24). The number of carbonyl (C=O) groups is 1. The van der Waals surface area contributed by atoms with E-state index in [2.05, 4.69) is 19.9 Å². The number of rotatable bonds is 3. The Balaban J connectivity index is 1.52. The number of carboxylic acid groups (broad SMARTS) is 1. The van der Waals surface area contributed by atoms with Crippen molar-refractivity contribution in [3.8, 4) is 0 Å². The van der Waals surface area contributed by atoms with Gasteiger partial charge in [-0.2, -0.15) is 0 Å². The van der Waals surface area contributed by atoms with Gasteiger partial charge < -0.3 is 15.0 Å². The number of aromatic carboxylic acids is 1. The quantitative estimate of drug-likeness (QED) is 0.752. The maximum absolute atomic E-state index is 12.3. The molecule has 1 fully saturated rings. The van der Waals surface area contributed by atoms with Crippen LogP contribution in [-0.4, -0.2) is 43.7 Å². The molecule has 0 bridgehead atoms. The molecular weight excluding hydrogens is 322 g/mol. The van der Waals surface area contributed by atoms with Crippen molar-refractivity contribution in [2.75, 3.05) is 18.0 Å². The largest absolute Gasteiger partial charge is 0.476 e. The lowest BCUT2D eigenvalue weighted by Crippen LogP contribution is -2.37. The van der Waals surface area contributed by atoms with Gasteiger partial charge in [0, 0.05) is 19.1 Å². The molecule has 1 saturated heterocycles. The second-order valence-corrected chi connectivity index (χ2v) is 6.10. The number of para-hydroxylation sites is 2. The van der Waals surface area contributed by atoms with Crippen LogP contribution in [0.15, 0.2) is 41.5 Å². The van der Waals surface area contributed by atoms with Gasteiger partial charge in [-0.1, -0.05) is 12.1 Å². The van der Waals surface area contributed by atoms with Gasteiger partial charge in [0.1, 0.15) is 5.82 Å². The van der Waals surface area contributed by atoms with E-state index < -0.39 is 5.97 Å². The first-order valence-corrected chi connectivity index (χ1v) is 8.13. The fourth-order valence-electron chi connectivity index (χ4n) is 3.38.